The summed E-state index contributed by atoms with van der Waals surface area (Å²) in [5.74, 6) is 0.680. The smallest absolute Gasteiger partial charge is 0.185 e. The van der Waals surface area contributed by atoms with Gasteiger partial charge in [0.05, 0.1) is 0 Å². The minimum absolute atomic E-state index is 0.662. The Morgan fingerprint density at radius 2 is 2.06 bits per heavy atom. The Hall–Kier alpha value is -1.95. The highest BCUT2D eigenvalue weighted by Gasteiger charge is 2.09. The number of halogens is 1. The predicted octanol–water partition coefficient (Wildman–Crippen LogP) is 2.14. The van der Waals surface area contributed by atoms with Gasteiger partial charge in [-0.15, -0.1) is 10.2 Å². The van der Waals surface area contributed by atoms with Crippen molar-refractivity contribution in [1.29, 1.82) is 0 Å². The van der Waals surface area contributed by atoms with E-state index in [1.807, 2.05) is 30.3 Å². The zero-order chi connectivity index (χ0) is 11.8. The molecule has 84 valence electrons. The SMILES string of the molecule is Nc1cc(-c2nnc3cccnn23)ccc1Br. The molecular weight excluding hydrogens is 282 g/mol. The van der Waals surface area contributed by atoms with Crippen molar-refractivity contribution in [1.82, 2.24) is 19.8 Å². The summed E-state index contributed by atoms with van der Waals surface area (Å²) in [5.41, 5.74) is 8.11. The summed E-state index contributed by atoms with van der Waals surface area (Å²) in [5, 5.41) is 12.4. The molecule has 6 heteroatoms. The van der Waals surface area contributed by atoms with Gasteiger partial charge < -0.3 is 5.73 Å². The van der Waals surface area contributed by atoms with Crippen LogP contribution in [0.3, 0.4) is 0 Å². The second kappa shape index (κ2) is 3.81. The maximum Gasteiger partial charge on any atom is 0.185 e. The van der Waals surface area contributed by atoms with Crippen molar-refractivity contribution in [2.24, 2.45) is 0 Å². The third kappa shape index (κ3) is 1.66. The third-order valence-electron chi connectivity index (χ3n) is 2.43. The highest BCUT2D eigenvalue weighted by atomic mass is 79.9. The minimum atomic E-state index is 0.662. The lowest BCUT2D eigenvalue weighted by Gasteiger charge is -2.02. The van der Waals surface area contributed by atoms with Crippen molar-refractivity contribution in [3.05, 3.63) is 41.0 Å². The minimum Gasteiger partial charge on any atom is -0.398 e. The molecule has 0 atom stereocenters. The Balaban J connectivity index is 2.24. The molecule has 0 bridgehead atoms. The monoisotopic (exact) mass is 289 g/mol. The zero-order valence-electron chi connectivity index (χ0n) is 8.71. The number of hydrogen-bond acceptors (Lipinski definition) is 4. The van der Waals surface area contributed by atoms with Crippen molar-refractivity contribution in [3.8, 4) is 11.4 Å². The third-order valence-corrected chi connectivity index (χ3v) is 3.15. The summed E-state index contributed by atoms with van der Waals surface area (Å²) >= 11 is 3.36. The Labute approximate surface area is 105 Å². The van der Waals surface area contributed by atoms with Crippen LogP contribution in [0.5, 0.6) is 0 Å². The van der Waals surface area contributed by atoms with Crippen LogP contribution >= 0.6 is 15.9 Å². The van der Waals surface area contributed by atoms with Crippen LogP contribution in [0.1, 0.15) is 0 Å². The van der Waals surface area contributed by atoms with Crippen LogP contribution in [0, 0.1) is 0 Å². The van der Waals surface area contributed by atoms with Crippen molar-refractivity contribution in [2.75, 3.05) is 5.73 Å². The van der Waals surface area contributed by atoms with E-state index < -0.39 is 0 Å². The maximum absolute atomic E-state index is 5.85. The van der Waals surface area contributed by atoms with Gasteiger partial charge in [0.15, 0.2) is 11.5 Å². The van der Waals surface area contributed by atoms with Crippen LogP contribution in [0.4, 0.5) is 5.69 Å². The molecule has 0 aliphatic rings. The molecule has 3 aromatic rings. The van der Waals surface area contributed by atoms with E-state index in [0.717, 1.165) is 10.0 Å². The molecular formula is C11H8BrN5. The standard InChI is InChI=1S/C11H8BrN5/c12-8-4-3-7(6-9(8)13)11-16-15-10-2-1-5-14-17(10)11/h1-6H,13H2. The summed E-state index contributed by atoms with van der Waals surface area (Å²) in [4.78, 5) is 0. The van der Waals surface area contributed by atoms with Crippen LogP contribution in [0.25, 0.3) is 17.0 Å². The molecule has 0 fully saturated rings. The number of nitrogens with two attached hydrogens (primary N) is 1. The van der Waals surface area contributed by atoms with Crippen molar-refractivity contribution >= 4 is 27.3 Å². The number of nitrogen functional groups attached to an aromatic ring is 1. The molecule has 5 nitrogen and oxygen atoms in total. The summed E-state index contributed by atoms with van der Waals surface area (Å²) < 4.78 is 2.55. The number of hydrogen-bond donors (Lipinski definition) is 1. The second-order valence-electron chi connectivity index (χ2n) is 3.55. The number of anilines is 1. The fourth-order valence-electron chi connectivity index (χ4n) is 1.61. The normalized spacial score (nSPS) is 10.9. The molecule has 2 N–H and O–H groups in total. The van der Waals surface area contributed by atoms with Gasteiger partial charge in [0, 0.05) is 21.9 Å². The van der Waals surface area contributed by atoms with E-state index in [4.69, 9.17) is 5.73 Å². The van der Waals surface area contributed by atoms with Gasteiger partial charge in [-0.05, 0) is 46.3 Å². The lowest BCUT2D eigenvalue weighted by Crippen LogP contribution is -1.94. The number of aromatic nitrogens is 4. The Morgan fingerprint density at radius 3 is 2.88 bits per heavy atom. The number of fused-ring (bicyclic) bond motifs is 1. The van der Waals surface area contributed by atoms with E-state index in [1.165, 1.54) is 0 Å². The van der Waals surface area contributed by atoms with Gasteiger partial charge in [0.1, 0.15) is 0 Å². The van der Waals surface area contributed by atoms with Gasteiger partial charge >= 0.3 is 0 Å². The first-order chi connectivity index (χ1) is 8.25. The molecule has 0 saturated carbocycles. The fraction of sp³-hybridized carbons (Fsp3) is 0. The van der Waals surface area contributed by atoms with Gasteiger partial charge in [0.25, 0.3) is 0 Å². The van der Waals surface area contributed by atoms with Gasteiger partial charge in [-0.25, -0.2) is 0 Å². The van der Waals surface area contributed by atoms with E-state index in [9.17, 15) is 0 Å². The quantitative estimate of drug-likeness (QED) is 0.697. The van der Waals surface area contributed by atoms with E-state index in [1.54, 1.807) is 10.7 Å². The van der Waals surface area contributed by atoms with Crippen molar-refractivity contribution in [2.45, 2.75) is 0 Å². The molecule has 0 saturated heterocycles. The average Bonchev–Trinajstić information content (AvgIpc) is 2.76. The van der Waals surface area contributed by atoms with E-state index in [0.29, 0.717) is 17.2 Å². The molecule has 0 amide bonds. The molecule has 0 unspecified atom stereocenters. The summed E-state index contributed by atoms with van der Waals surface area (Å²) in [6.07, 6.45) is 1.70. The number of benzene rings is 1. The van der Waals surface area contributed by atoms with Crippen molar-refractivity contribution < 1.29 is 0 Å². The van der Waals surface area contributed by atoms with E-state index in [2.05, 4.69) is 31.2 Å². The molecule has 2 heterocycles. The summed E-state index contributed by atoms with van der Waals surface area (Å²) in [6, 6.07) is 9.32. The largest absolute Gasteiger partial charge is 0.398 e. The summed E-state index contributed by atoms with van der Waals surface area (Å²) in [7, 11) is 0. The Morgan fingerprint density at radius 1 is 1.18 bits per heavy atom. The van der Waals surface area contributed by atoms with Gasteiger partial charge in [-0.1, -0.05) is 0 Å². The lowest BCUT2D eigenvalue weighted by molar-refractivity contribution is 0.936. The molecule has 0 aliphatic carbocycles. The molecule has 0 aliphatic heterocycles. The van der Waals surface area contributed by atoms with E-state index in [-0.39, 0.29) is 0 Å². The predicted molar refractivity (Wildman–Crippen MR) is 68.3 cm³/mol. The molecule has 17 heavy (non-hydrogen) atoms. The van der Waals surface area contributed by atoms with Crippen molar-refractivity contribution in [3.63, 3.8) is 0 Å². The number of rotatable bonds is 1. The molecule has 0 spiro atoms. The van der Waals surface area contributed by atoms with Crippen LogP contribution in [-0.4, -0.2) is 19.8 Å². The summed E-state index contributed by atoms with van der Waals surface area (Å²) in [6.45, 7) is 0. The lowest BCUT2D eigenvalue weighted by atomic mass is 10.2. The first kappa shape index (κ1) is 10.2. The molecule has 0 radical (unpaired) electrons. The first-order valence-electron chi connectivity index (χ1n) is 4.97. The molecule has 1 aromatic carbocycles. The van der Waals surface area contributed by atoms with Gasteiger partial charge in [0.2, 0.25) is 0 Å². The zero-order valence-corrected chi connectivity index (χ0v) is 10.3. The van der Waals surface area contributed by atoms with Crippen LogP contribution < -0.4 is 5.73 Å². The highest BCUT2D eigenvalue weighted by Crippen LogP contribution is 2.25. The Bertz CT molecular complexity index is 691. The number of nitrogens with zero attached hydrogens (tertiary/aromatic N) is 4. The van der Waals surface area contributed by atoms with Gasteiger partial charge in [-0.2, -0.15) is 9.61 Å². The second-order valence-corrected chi connectivity index (χ2v) is 4.41. The van der Waals surface area contributed by atoms with Gasteiger partial charge in [-0.3, -0.25) is 0 Å². The molecule has 2 aromatic heterocycles. The molecule has 3 rings (SSSR count). The Kier molecular flexibility index (Phi) is 2.29. The topological polar surface area (TPSA) is 69.1 Å². The van der Waals surface area contributed by atoms with Crippen LogP contribution in [0.2, 0.25) is 0 Å². The highest BCUT2D eigenvalue weighted by molar-refractivity contribution is 9.10. The van der Waals surface area contributed by atoms with Crippen LogP contribution in [-0.2, 0) is 0 Å². The first-order valence-corrected chi connectivity index (χ1v) is 5.77. The van der Waals surface area contributed by atoms with Crippen LogP contribution in [0.15, 0.2) is 41.0 Å². The fourth-order valence-corrected chi connectivity index (χ4v) is 1.85. The van der Waals surface area contributed by atoms with E-state index >= 15 is 0 Å². The average molecular weight is 290 g/mol. The maximum atomic E-state index is 5.85.